The first-order valence-electron chi connectivity index (χ1n) is 9.26. The topological polar surface area (TPSA) is 59.4 Å². The van der Waals surface area contributed by atoms with E-state index < -0.39 is 5.97 Å². The van der Waals surface area contributed by atoms with Gasteiger partial charge in [0.25, 0.3) is 0 Å². The maximum absolute atomic E-state index is 13.0. The van der Waals surface area contributed by atoms with Gasteiger partial charge in [-0.15, -0.1) is 11.3 Å². The average Bonchev–Trinajstić information content (AvgIpc) is 3.14. The summed E-state index contributed by atoms with van der Waals surface area (Å²) in [6.07, 6.45) is 3.85. The molecule has 4 rings (SSSR count). The molecule has 30 heavy (non-hydrogen) atoms. The van der Waals surface area contributed by atoms with Crippen molar-refractivity contribution in [2.45, 2.75) is 13.8 Å². The van der Waals surface area contributed by atoms with E-state index in [-0.39, 0.29) is 11.6 Å². The number of ether oxygens (including phenoxy) is 1. The zero-order chi connectivity index (χ0) is 21.3. The van der Waals surface area contributed by atoms with Crippen LogP contribution < -0.4 is 4.74 Å². The number of phenols is 1. The molecule has 0 atom stereocenters. The van der Waals surface area contributed by atoms with Gasteiger partial charge in [-0.25, -0.2) is 14.2 Å². The minimum Gasteiger partial charge on any atom is -0.507 e. The number of phenolic OH excluding ortho intramolecular Hbond substituents is 1. The predicted octanol–water partition coefficient (Wildman–Crippen LogP) is 6.15. The molecule has 0 aliphatic rings. The van der Waals surface area contributed by atoms with Crippen molar-refractivity contribution in [1.82, 2.24) is 4.98 Å². The zero-order valence-corrected chi connectivity index (χ0v) is 17.2. The summed E-state index contributed by atoms with van der Waals surface area (Å²) in [6, 6.07) is 14.3. The van der Waals surface area contributed by atoms with E-state index >= 15 is 0 Å². The minimum absolute atomic E-state index is 0.286. The molecule has 0 bridgehead atoms. The van der Waals surface area contributed by atoms with Crippen LogP contribution in [0.2, 0.25) is 0 Å². The van der Waals surface area contributed by atoms with Gasteiger partial charge in [-0.05, 0) is 91.2 Å². The average molecular weight is 419 g/mol. The summed E-state index contributed by atoms with van der Waals surface area (Å²) in [5.41, 5.74) is 3.81. The van der Waals surface area contributed by atoms with Crippen molar-refractivity contribution in [1.29, 1.82) is 0 Å². The Morgan fingerprint density at radius 2 is 1.73 bits per heavy atom. The molecule has 6 heteroatoms. The Hall–Kier alpha value is -3.51. The van der Waals surface area contributed by atoms with E-state index in [4.69, 9.17) is 4.74 Å². The molecule has 0 radical (unpaired) electrons. The van der Waals surface area contributed by atoms with Crippen LogP contribution in [0.5, 0.6) is 11.5 Å². The number of aryl methyl sites for hydroxylation is 2. The number of carbonyl (C=O) groups excluding carboxylic acids is 1. The number of benzene rings is 3. The van der Waals surface area contributed by atoms with Gasteiger partial charge in [0.1, 0.15) is 22.3 Å². The van der Waals surface area contributed by atoms with Crippen molar-refractivity contribution in [3.8, 4) is 11.5 Å². The largest absolute Gasteiger partial charge is 0.507 e. The maximum atomic E-state index is 13.0. The number of fused-ring (bicyclic) bond motifs is 1. The Balaban J connectivity index is 1.55. The van der Waals surface area contributed by atoms with Gasteiger partial charge in [-0.1, -0.05) is 6.08 Å². The maximum Gasteiger partial charge on any atom is 0.343 e. The second kappa shape index (κ2) is 8.08. The predicted molar refractivity (Wildman–Crippen MR) is 117 cm³/mol. The molecular formula is C24H18FNO3S. The van der Waals surface area contributed by atoms with Crippen molar-refractivity contribution < 1.29 is 19.0 Å². The highest BCUT2D eigenvalue weighted by Crippen LogP contribution is 2.27. The minimum atomic E-state index is -0.510. The summed E-state index contributed by atoms with van der Waals surface area (Å²) in [6.45, 7) is 3.73. The van der Waals surface area contributed by atoms with Crippen LogP contribution in [0, 0.1) is 19.7 Å². The highest BCUT2D eigenvalue weighted by Gasteiger charge is 2.11. The van der Waals surface area contributed by atoms with Crippen LogP contribution in [0.1, 0.15) is 32.1 Å². The molecule has 0 amide bonds. The highest BCUT2D eigenvalue weighted by molar-refractivity contribution is 7.19. The Labute approximate surface area is 176 Å². The van der Waals surface area contributed by atoms with Gasteiger partial charge in [0.2, 0.25) is 0 Å². The number of nitrogens with zero attached hydrogens (tertiary/aromatic N) is 1. The Morgan fingerprint density at radius 1 is 1.03 bits per heavy atom. The smallest absolute Gasteiger partial charge is 0.343 e. The summed E-state index contributed by atoms with van der Waals surface area (Å²) < 4.78 is 19.1. The van der Waals surface area contributed by atoms with Crippen molar-refractivity contribution in [3.05, 3.63) is 87.7 Å². The number of halogens is 1. The fourth-order valence-electron chi connectivity index (χ4n) is 3.06. The Kier molecular flexibility index (Phi) is 5.33. The molecule has 4 aromatic rings. The SMILES string of the molecule is Cc1cc(/C=C/c2nc3ccc(C(=O)Oc4ccc(F)cc4)cc3s2)cc(C)c1O. The van der Waals surface area contributed by atoms with E-state index in [1.54, 1.807) is 18.2 Å². The lowest BCUT2D eigenvalue weighted by Crippen LogP contribution is -2.08. The van der Waals surface area contributed by atoms with Crippen LogP contribution in [0.15, 0.2) is 54.6 Å². The summed E-state index contributed by atoms with van der Waals surface area (Å²) in [7, 11) is 0. The summed E-state index contributed by atoms with van der Waals surface area (Å²) >= 11 is 1.46. The van der Waals surface area contributed by atoms with Gasteiger partial charge >= 0.3 is 5.97 Å². The van der Waals surface area contributed by atoms with Crippen LogP contribution in [0.3, 0.4) is 0 Å². The van der Waals surface area contributed by atoms with Crippen LogP contribution in [0.25, 0.3) is 22.4 Å². The van der Waals surface area contributed by atoms with E-state index in [1.165, 1.54) is 35.6 Å². The molecule has 1 heterocycles. The quantitative estimate of drug-likeness (QED) is 0.318. The van der Waals surface area contributed by atoms with Gasteiger partial charge in [0.05, 0.1) is 15.8 Å². The third-order valence-electron chi connectivity index (χ3n) is 4.60. The van der Waals surface area contributed by atoms with Crippen molar-refractivity contribution in [2.24, 2.45) is 0 Å². The van der Waals surface area contributed by atoms with E-state index in [1.807, 2.05) is 38.1 Å². The van der Waals surface area contributed by atoms with Crippen molar-refractivity contribution in [3.63, 3.8) is 0 Å². The molecule has 0 unspecified atom stereocenters. The van der Waals surface area contributed by atoms with E-state index in [9.17, 15) is 14.3 Å². The number of aromatic nitrogens is 1. The normalized spacial score (nSPS) is 11.3. The van der Waals surface area contributed by atoms with E-state index in [0.29, 0.717) is 11.3 Å². The molecular weight excluding hydrogens is 401 g/mol. The molecule has 0 aliphatic carbocycles. The first-order valence-corrected chi connectivity index (χ1v) is 10.1. The summed E-state index contributed by atoms with van der Waals surface area (Å²) in [4.78, 5) is 17.0. The van der Waals surface area contributed by atoms with Crippen LogP contribution >= 0.6 is 11.3 Å². The third-order valence-corrected chi connectivity index (χ3v) is 5.58. The van der Waals surface area contributed by atoms with Crippen LogP contribution in [-0.2, 0) is 0 Å². The van der Waals surface area contributed by atoms with Crippen LogP contribution in [-0.4, -0.2) is 16.1 Å². The number of thiazole rings is 1. The molecule has 0 saturated carbocycles. The molecule has 0 spiro atoms. The standard InChI is InChI=1S/C24H18FNO3S/c1-14-11-16(12-15(2)23(14)27)3-10-22-26-20-9-4-17(13-21(20)30-22)24(28)29-19-7-5-18(25)6-8-19/h3-13,27H,1-2H3/b10-3+. The number of aromatic hydroxyl groups is 1. The number of hydrogen-bond donors (Lipinski definition) is 1. The first-order chi connectivity index (χ1) is 14.4. The van der Waals surface area contributed by atoms with Gasteiger partial charge in [0.15, 0.2) is 0 Å². The van der Waals surface area contributed by atoms with Gasteiger partial charge in [0, 0.05) is 0 Å². The second-order valence-corrected chi connectivity index (χ2v) is 7.98. The molecule has 1 aromatic heterocycles. The van der Waals surface area contributed by atoms with Gasteiger partial charge < -0.3 is 9.84 Å². The van der Waals surface area contributed by atoms with Crippen molar-refractivity contribution >= 4 is 39.7 Å². The molecule has 3 aromatic carbocycles. The van der Waals surface area contributed by atoms with E-state index in [2.05, 4.69) is 4.98 Å². The summed E-state index contributed by atoms with van der Waals surface area (Å²) in [5.74, 6) is -0.302. The molecule has 0 saturated heterocycles. The fraction of sp³-hybridized carbons (Fsp3) is 0.0833. The summed E-state index contributed by atoms with van der Waals surface area (Å²) in [5, 5.41) is 10.7. The number of hydrogen-bond acceptors (Lipinski definition) is 5. The van der Waals surface area contributed by atoms with Crippen LogP contribution in [0.4, 0.5) is 4.39 Å². The molecule has 4 nitrogen and oxygen atoms in total. The lowest BCUT2D eigenvalue weighted by atomic mass is 10.1. The second-order valence-electron chi connectivity index (χ2n) is 6.91. The Morgan fingerprint density at radius 3 is 2.43 bits per heavy atom. The monoisotopic (exact) mass is 419 g/mol. The fourth-order valence-corrected chi connectivity index (χ4v) is 3.97. The lowest BCUT2D eigenvalue weighted by Gasteiger charge is -2.04. The van der Waals surface area contributed by atoms with Gasteiger partial charge in [-0.2, -0.15) is 0 Å². The van der Waals surface area contributed by atoms with Crippen molar-refractivity contribution in [2.75, 3.05) is 0 Å². The molecule has 150 valence electrons. The first kappa shape index (κ1) is 19.8. The molecule has 0 fully saturated rings. The molecule has 1 N–H and O–H groups in total. The number of rotatable bonds is 4. The molecule has 0 aliphatic heterocycles. The Bertz CT molecular complexity index is 1250. The zero-order valence-electron chi connectivity index (χ0n) is 16.3. The number of esters is 1. The lowest BCUT2D eigenvalue weighted by molar-refractivity contribution is 0.0735. The highest BCUT2D eigenvalue weighted by atomic mass is 32.1. The number of carbonyl (C=O) groups is 1. The third kappa shape index (κ3) is 4.23. The van der Waals surface area contributed by atoms with Gasteiger partial charge in [-0.3, -0.25) is 0 Å². The van der Waals surface area contributed by atoms with E-state index in [0.717, 1.165) is 31.9 Å².